The Balaban J connectivity index is 1.18. The second-order valence-corrected chi connectivity index (χ2v) is 9.53. The highest BCUT2D eigenvalue weighted by Gasteiger charge is 2.48. The zero-order valence-electron chi connectivity index (χ0n) is 18.2. The lowest BCUT2D eigenvalue weighted by atomic mass is 9.83. The van der Waals surface area contributed by atoms with Gasteiger partial charge in [0.2, 0.25) is 0 Å². The minimum atomic E-state index is -0.543. The van der Waals surface area contributed by atoms with Crippen LogP contribution in [0.1, 0.15) is 35.6 Å². The van der Waals surface area contributed by atoms with E-state index in [9.17, 15) is 4.79 Å². The molecule has 3 heterocycles. The predicted octanol–water partition coefficient (Wildman–Crippen LogP) is 5.72. The van der Waals surface area contributed by atoms with Crippen LogP contribution in [0.2, 0.25) is 0 Å². The second-order valence-electron chi connectivity index (χ2n) is 9.53. The van der Waals surface area contributed by atoms with Gasteiger partial charge in [0.25, 0.3) is 0 Å². The van der Waals surface area contributed by atoms with Crippen molar-refractivity contribution in [2.45, 2.75) is 31.6 Å². The Labute approximate surface area is 189 Å². The Kier molecular flexibility index (Phi) is 4.76. The summed E-state index contributed by atoms with van der Waals surface area (Å²) in [5.74, 6) is 0.446. The third-order valence-corrected chi connectivity index (χ3v) is 7.64. The number of carbonyl (C=O) groups is 1. The molecule has 1 aliphatic carbocycles. The first-order chi connectivity index (χ1) is 15.7. The Hall–Kier alpha value is -3.11. The van der Waals surface area contributed by atoms with E-state index < -0.39 is 12.3 Å². The lowest BCUT2D eigenvalue weighted by molar-refractivity contribution is -0.958. The van der Waals surface area contributed by atoms with Crippen molar-refractivity contribution in [3.8, 4) is 11.1 Å². The maximum atomic E-state index is 13.0. The molecule has 0 radical (unpaired) electrons. The number of quaternary nitrogens is 1. The van der Waals surface area contributed by atoms with Crippen molar-refractivity contribution in [1.29, 1.82) is 0 Å². The molecule has 0 amide bonds. The van der Waals surface area contributed by atoms with Gasteiger partial charge in [-0.05, 0) is 11.1 Å². The van der Waals surface area contributed by atoms with E-state index in [0.717, 1.165) is 65.8 Å². The fourth-order valence-electron chi connectivity index (χ4n) is 6.03. The summed E-state index contributed by atoms with van der Waals surface area (Å²) in [5.41, 5.74) is 5.69. The molecular weight excluding hydrogens is 398 g/mol. The number of fused-ring (bicyclic) bond motifs is 6. The zero-order chi connectivity index (χ0) is 21.5. The summed E-state index contributed by atoms with van der Waals surface area (Å²) in [4.78, 5) is 13.0. The first kappa shape index (κ1) is 19.6. The minimum Gasteiger partial charge on any atom is -0.425 e. The van der Waals surface area contributed by atoms with Crippen molar-refractivity contribution in [1.82, 2.24) is 0 Å². The predicted molar refractivity (Wildman–Crippen MR) is 123 cm³/mol. The Bertz CT molecular complexity index is 1090. The van der Waals surface area contributed by atoms with Gasteiger partial charge in [-0.2, -0.15) is 0 Å². The lowest BCUT2D eigenvalue weighted by Crippen LogP contribution is -2.63. The minimum absolute atomic E-state index is 0.0689. The largest absolute Gasteiger partial charge is 0.509 e. The summed E-state index contributed by atoms with van der Waals surface area (Å²) in [5, 5.41) is 0. The molecular formula is C28H28NO3+. The number of hydrogen-bond acceptors (Lipinski definition) is 3. The SMILES string of the molecule is O=C(OC1c2ccccc2-c2ccccc21)O[C@H]1C[N+]2(Cc3ccccc3)CCC1CC2. The van der Waals surface area contributed by atoms with Gasteiger partial charge in [-0.25, -0.2) is 4.79 Å². The molecule has 4 nitrogen and oxygen atoms in total. The molecule has 7 rings (SSSR count). The van der Waals surface area contributed by atoms with Crippen LogP contribution in [0, 0.1) is 5.92 Å². The molecule has 32 heavy (non-hydrogen) atoms. The molecule has 3 fully saturated rings. The molecule has 3 aromatic rings. The second kappa shape index (κ2) is 7.79. The van der Waals surface area contributed by atoms with Crippen LogP contribution in [-0.2, 0) is 16.0 Å². The van der Waals surface area contributed by atoms with Crippen LogP contribution >= 0.6 is 0 Å². The van der Waals surface area contributed by atoms with Crippen LogP contribution in [0.3, 0.4) is 0 Å². The first-order valence-corrected chi connectivity index (χ1v) is 11.7. The summed E-state index contributed by atoms with van der Waals surface area (Å²) in [7, 11) is 0. The standard InChI is InChI=1S/C28H28NO3/c30-28(32-27-24-12-6-4-10-22(24)23-11-5-7-13-25(23)27)31-26-19-29(16-14-21(26)15-17-29)18-20-8-2-1-3-9-20/h1-13,21,26-27H,14-19H2/q+1/t21?,26-,29?/m0/s1. The van der Waals surface area contributed by atoms with Crippen LogP contribution in [0.4, 0.5) is 4.79 Å². The van der Waals surface area contributed by atoms with Crippen molar-refractivity contribution in [2.24, 2.45) is 5.92 Å². The molecule has 3 saturated heterocycles. The van der Waals surface area contributed by atoms with E-state index in [1.807, 2.05) is 36.4 Å². The van der Waals surface area contributed by atoms with Crippen LogP contribution < -0.4 is 0 Å². The van der Waals surface area contributed by atoms with Gasteiger partial charge in [-0.15, -0.1) is 0 Å². The molecule has 2 bridgehead atoms. The number of ether oxygens (including phenoxy) is 2. The Morgan fingerprint density at radius 1 is 0.781 bits per heavy atom. The maximum absolute atomic E-state index is 13.0. The normalized spacial score (nSPS) is 25.8. The summed E-state index contributed by atoms with van der Waals surface area (Å²) >= 11 is 0. The van der Waals surface area contributed by atoms with Crippen molar-refractivity contribution >= 4 is 6.16 Å². The third-order valence-electron chi connectivity index (χ3n) is 7.64. The Morgan fingerprint density at radius 3 is 2.03 bits per heavy atom. The highest BCUT2D eigenvalue weighted by Crippen LogP contribution is 2.45. The van der Waals surface area contributed by atoms with Crippen LogP contribution in [-0.4, -0.2) is 36.4 Å². The molecule has 0 spiro atoms. The average Bonchev–Trinajstić information content (AvgIpc) is 3.14. The summed E-state index contributed by atoms with van der Waals surface area (Å²) < 4.78 is 13.0. The molecule has 1 atom stereocenters. The first-order valence-electron chi connectivity index (χ1n) is 11.7. The molecule has 0 saturated carbocycles. The topological polar surface area (TPSA) is 35.5 Å². The van der Waals surface area contributed by atoms with Crippen LogP contribution in [0.5, 0.6) is 0 Å². The van der Waals surface area contributed by atoms with Gasteiger partial charge in [-0.1, -0.05) is 78.9 Å². The Morgan fingerprint density at radius 2 is 1.38 bits per heavy atom. The molecule has 4 heteroatoms. The molecule has 0 N–H and O–H groups in total. The fraction of sp³-hybridized carbons (Fsp3) is 0.321. The number of rotatable bonds is 4. The summed E-state index contributed by atoms with van der Waals surface area (Å²) in [6.45, 7) is 4.22. The number of piperidine rings is 3. The van der Waals surface area contributed by atoms with E-state index in [-0.39, 0.29) is 6.10 Å². The van der Waals surface area contributed by atoms with Gasteiger partial charge < -0.3 is 14.0 Å². The lowest BCUT2D eigenvalue weighted by Gasteiger charge is -2.51. The van der Waals surface area contributed by atoms with E-state index in [1.54, 1.807) is 0 Å². The monoisotopic (exact) mass is 426 g/mol. The van der Waals surface area contributed by atoms with Gasteiger partial charge in [0.05, 0.1) is 13.1 Å². The molecule has 0 unspecified atom stereocenters. The van der Waals surface area contributed by atoms with Gasteiger partial charge in [0.15, 0.2) is 12.2 Å². The highest BCUT2D eigenvalue weighted by atomic mass is 16.7. The maximum Gasteiger partial charge on any atom is 0.509 e. The zero-order valence-corrected chi connectivity index (χ0v) is 18.2. The fourth-order valence-corrected chi connectivity index (χ4v) is 6.03. The van der Waals surface area contributed by atoms with Crippen molar-refractivity contribution in [3.63, 3.8) is 0 Å². The van der Waals surface area contributed by atoms with E-state index in [4.69, 9.17) is 9.47 Å². The van der Waals surface area contributed by atoms with Gasteiger partial charge in [0.1, 0.15) is 13.1 Å². The van der Waals surface area contributed by atoms with Gasteiger partial charge in [-0.3, -0.25) is 0 Å². The van der Waals surface area contributed by atoms with E-state index in [2.05, 4.69) is 42.5 Å². The van der Waals surface area contributed by atoms with E-state index in [1.165, 1.54) is 5.56 Å². The van der Waals surface area contributed by atoms with E-state index in [0.29, 0.717) is 5.92 Å². The summed E-state index contributed by atoms with van der Waals surface area (Å²) in [6.07, 6.45) is 1.21. The molecule has 0 aromatic heterocycles. The van der Waals surface area contributed by atoms with Gasteiger partial charge >= 0.3 is 6.16 Å². The quantitative estimate of drug-likeness (QED) is 0.395. The van der Waals surface area contributed by atoms with Gasteiger partial charge in [0, 0.05) is 35.4 Å². The van der Waals surface area contributed by atoms with Crippen LogP contribution in [0.25, 0.3) is 11.1 Å². The number of hydrogen-bond donors (Lipinski definition) is 0. The number of nitrogens with zero attached hydrogens (tertiary/aromatic N) is 1. The molecule has 3 aromatic carbocycles. The van der Waals surface area contributed by atoms with E-state index >= 15 is 0 Å². The number of carbonyl (C=O) groups excluding carboxylic acids is 1. The van der Waals surface area contributed by atoms with Crippen molar-refractivity contribution < 1.29 is 18.8 Å². The molecule has 162 valence electrons. The van der Waals surface area contributed by atoms with Crippen molar-refractivity contribution in [2.75, 3.05) is 19.6 Å². The smallest absolute Gasteiger partial charge is 0.425 e. The number of benzene rings is 3. The highest BCUT2D eigenvalue weighted by molar-refractivity contribution is 5.79. The third kappa shape index (κ3) is 3.39. The average molecular weight is 427 g/mol. The molecule has 3 aliphatic heterocycles. The summed E-state index contributed by atoms with van der Waals surface area (Å²) in [6, 6.07) is 27.0. The molecule has 4 aliphatic rings. The van der Waals surface area contributed by atoms with Crippen molar-refractivity contribution in [3.05, 3.63) is 95.6 Å². The van der Waals surface area contributed by atoms with Crippen LogP contribution in [0.15, 0.2) is 78.9 Å².